The molecule has 0 aromatic heterocycles. The van der Waals surface area contributed by atoms with Crippen molar-refractivity contribution in [1.82, 2.24) is 9.80 Å². The number of hydrogen-bond acceptors (Lipinski definition) is 5. The molecule has 1 aromatic carbocycles. The summed E-state index contributed by atoms with van der Waals surface area (Å²) >= 11 is 0. The van der Waals surface area contributed by atoms with E-state index in [1.807, 2.05) is 4.90 Å². The lowest BCUT2D eigenvalue weighted by atomic mass is 9.95. The van der Waals surface area contributed by atoms with Crippen molar-refractivity contribution in [2.24, 2.45) is 5.73 Å². The standard InChI is InChI=1S/C18H28N4O2/c1-20-9-11-21(12-10-20)16-3-4-17(24-2)14-6-8-22(13-15(14)16)18(23)5-7-19/h3-4H,5-13,19H2,1-2H3. The monoisotopic (exact) mass is 332 g/mol. The van der Waals surface area contributed by atoms with Crippen LogP contribution in [0.5, 0.6) is 5.75 Å². The Bertz CT molecular complexity index is 597. The number of amides is 1. The predicted octanol–water partition coefficient (Wildman–Crippen LogP) is 0.681. The number of likely N-dealkylation sites (N-methyl/N-ethyl adjacent to an activating group) is 1. The Morgan fingerprint density at radius 2 is 1.92 bits per heavy atom. The Morgan fingerprint density at radius 3 is 2.58 bits per heavy atom. The average Bonchev–Trinajstić information content (AvgIpc) is 2.61. The van der Waals surface area contributed by atoms with Gasteiger partial charge in [-0.05, 0) is 25.6 Å². The molecule has 1 aromatic rings. The van der Waals surface area contributed by atoms with Crippen molar-refractivity contribution in [3.8, 4) is 5.75 Å². The van der Waals surface area contributed by atoms with Crippen LogP contribution in [0.25, 0.3) is 0 Å². The van der Waals surface area contributed by atoms with Gasteiger partial charge in [-0.1, -0.05) is 0 Å². The average molecular weight is 332 g/mol. The van der Waals surface area contributed by atoms with Crippen molar-refractivity contribution in [3.05, 3.63) is 23.3 Å². The zero-order valence-electron chi connectivity index (χ0n) is 14.8. The minimum Gasteiger partial charge on any atom is -0.496 e. The van der Waals surface area contributed by atoms with E-state index < -0.39 is 0 Å². The first kappa shape index (κ1) is 17.0. The zero-order valence-corrected chi connectivity index (χ0v) is 14.8. The molecule has 0 bridgehead atoms. The molecule has 6 heteroatoms. The van der Waals surface area contributed by atoms with Crippen molar-refractivity contribution in [2.45, 2.75) is 19.4 Å². The highest BCUT2D eigenvalue weighted by molar-refractivity contribution is 5.77. The normalized spacial score (nSPS) is 18.5. The fraction of sp³-hybridized carbons (Fsp3) is 0.611. The largest absolute Gasteiger partial charge is 0.496 e. The minimum atomic E-state index is 0.148. The van der Waals surface area contributed by atoms with Crippen molar-refractivity contribution in [3.63, 3.8) is 0 Å². The molecule has 3 rings (SSSR count). The number of carbonyl (C=O) groups excluding carboxylic acids is 1. The van der Waals surface area contributed by atoms with Crippen molar-refractivity contribution >= 4 is 11.6 Å². The summed E-state index contributed by atoms with van der Waals surface area (Å²) in [5.41, 5.74) is 9.31. The van der Waals surface area contributed by atoms with Crippen LogP contribution in [0.2, 0.25) is 0 Å². The molecule has 24 heavy (non-hydrogen) atoms. The van der Waals surface area contributed by atoms with Crippen LogP contribution in [0.1, 0.15) is 17.5 Å². The van der Waals surface area contributed by atoms with Crippen LogP contribution < -0.4 is 15.4 Å². The van der Waals surface area contributed by atoms with Gasteiger partial charge in [-0.2, -0.15) is 0 Å². The van der Waals surface area contributed by atoms with Crippen LogP contribution >= 0.6 is 0 Å². The molecule has 1 saturated heterocycles. The minimum absolute atomic E-state index is 0.148. The number of carbonyl (C=O) groups is 1. The van der Waals surface area contributed by atoms with Crippen LogP contribution in [0.4, 0.5) is 5.69 Å². The third kappa shape index (κ3) is 3.35. The van der Waals surface area contributed by atoms with Gasteiger partial charge in [0.05, 0.1) is 7.11 Å². The fourth-order valence-corrected chi connectivity index (χ4v) is 3.66. The smallest absolute Gasteiger partial charge is 0.224 e. The first-order valence-corrected chi connectivity index (χ1v) is 8.74. The number of benzene rings is 1. The van der Waals surface area contributed by atoms with Gasteiger partial charge in [-0.25, -0.2) is 0 Å². The Balaban J connectivity index is 1.90. The topological polar surface area (TPSA) is 62.0 Å². The summed E-state index contributed by atoms with van der Waals surface area (Å²) in [7, 11) is 3.88. The first-order valence-electron chi connectivity index (χ1n) is 8.74. The molecule has 2 aliphatic rings. The van der Waals surface area contributed by atoms with E-state index in [4.69, 9.17) is 10.5 Å². The van der Waals surface area contributed by atoms with E-state index in [1.54, 1.807) is 7.11 Å². The van der Waals surface area contributed by atoms with Gasteiger partial charge in [0.1, 0.15) is 5.75 Å². The molecule has 2 aliphatic heterocycles. The van der Waals surface area contributed by atoms with Gasteiger partial charge >= 0.3 is 0 Å². The molecule has 132 valence electrons. The summed E-state index contributed by atoms with van der Waals surface area (Å²) in [6.45, 7) is 5.98. The van der Waals surface area contributed by atoms with E-state index in [0.29, 0.717) is 19.5 Å². The number of anilines is 1. The Hall–Kier alpha value is -1.79. The SMILES string of the molecule is COc1ccc(N2CCN(C)CC2)c2c1CCN(C(=O)CCN)C2. The quantitative estimate of drug-likeness (QED) is 0.879. The highest BCUT2D eigenvalue weighted by atomic mass is 16.5. The Morgan fingerprint density at radius 1 is 1.17 bits per heavy atom. The van der Waals surface area contributed by atoms with Crippen LogP contribution in [-0.2, 0) is 17.8 Å². The lowest BCUT2D eigenvalue weighted by Gasteiger charge is -2.38. The van der Waals surface area contributed by atoms with Gasteiger partial charge in [0.25, 0.3) is 0 Å². The number of ether oxygens (including phenoxy) is 1. The van der Waals surface area contributed by atoms with Gasteiger partial charge in [0.2, 0.25) is 5.91 Å². The summed E-state index contributed by atoms with van der Waals surface area (Å²) < 4.78 is 5.57. The highest BCUT2D eigenvalue weighted by Crippen LogP contribution is 2.35. The third-order valence-electron chi connectivity index (χ3n) is 5.12. The lowest BCUT2D eigenvalue weighted by molar-refractivity contribution is -0.131. The van der Waals surface area contributed by atoms with Crippen LogP contribution in [0.15, 0.2) is 12.1 Å². The molecule has 0 aliphatic carbocycles. The van der Waals surface area contributed by atoms with Gasteiger partial charge in [0.15, 0.2) is 0 Å². The maximum atomic E-state index is 12.3. The number of rotatable bonds is 4. The van der Waals surface area contributed by atoms with Gasteiger partial charge < -0.3 is 25.2 Å². The van der Waals surface area contributed by atoms with Crippen LogP contribution in [0, 0.1) is 0 Å². The van der Waals surface area contributed by atoms with E-state index in [0.717, 1.165) is 44.9 Å². The van der Waals surface area contributed by atoms with E-state index in [-0.39, 0.29) is 5.91 Å². The van der Waals surface area contributed by atoms with Crippen LogP contribution in [0.3, 0.4) is 0 Å². The van der Waals surface area contributed by atoms with Gasteiger partial charge in [-0.3, -0.25) is 4.79 Å². The number of fused-ring (bicyclic) bond motifs is 1. The number of hydrogen-bond donors (Lipinski definition) is 1. The molecule has 0 spiro atoms. The summed E-state index contributed by atoms with van der Waals surface area (Å²) in [6, 6.07) is 4.23. The second kappa shape index (κ2) is 7.40. The molecule has 6 nitrogen and oxygen atoms in total. The van der Waals surface area contributed by atoms with Crippen molar-refractivity contribution < 1.29 is 9.53 Å². The lowest BCUT2D eigenvalue weighted by Crippen LogP contribution is -2.45. The molecular weight excluding hydrogens is 304 g/mol. The third-order valence-corrected chi connectivity index (χ3v) is 5.12. The molecule has 1 amide bonds. The predicted molar refractivity (Wildman–Crippen MR) is 95.5 cm³/mol. The maximum Gasteiger partial charge on any atom is 0.224 e. The second-order valence-electron chi connectivity index (χ2n) is 6.64. The van der Waals surface area contributed by atoms with E-state index in [1.165, 1.54) is 16.8 Å². The van der Waals surface area contributed by atoms with Gasteiger partial charge in [0, 0.05) is 69.0 Å². The van der Waals surface area contributed by atoms with Crippen molar-refractivity contribution in [2.75, 3.05) is 58.3 Å². The second-order valence-corrected chi connectivity index (χ2v) is 6.64. The molecule has 2 heterocycles. The Kier molecular flexibility index (Phi) is 5.26. The first-order chi connectivity index (χ1) is 11.6. The van der Waals surface area contributed by atoms with Crippen LogP contribution in [-0.4, -0.2) is 69.1 Å². The summed E-state index contributed by atoms with van der Waals surface area (Å²) in [6.07, 6.45) is 1.26. The summed E-state index contributed by atoms with van der Waals surface area (Å²) in [5, 5.41) is 0. The summed E-state index contributed by atoms with van der Waals surface area (Å²) in [4.78, 5) is 19.0. The number of nitrogens with zero attached hydrogens (tertiary/aromatic N) is 3. The molecule has 0 unspecified atom stereocenters. The summed E-state index contributed by atoms with van der Waals surface area (Å²) in [5.74, 6) is 1.09. The van der Waals surface area contributed by atoms with E-state index >= 15 is 0 Å². The zero-order chi connectivity index (χ0) is 17.1. The number of methoxy groups -OCH3 is 1. The fourth-order valence-electron chi connectivity index (χ4n) is 3.66. The van der Waals surface area contributed by atoms with Crippen molar-refractivity contribution in [1.29, 1.82) is 0 Å². The number of nitrogens with two attached hydrogens (primary N) is 1. The van der Waals surface area contributed by atoms with E-state index in [9.17, 15) is 4.79 Å². The molecule has 0 saturated carbocycles. The molecular formula is C18H28N4O2. The Labute approximate surface area is 144 Å². The molecule has 1 fully saturated rings. The highest BCUT2D eigenvalue weighted by Gasteiger charge is 2.27. The molecule has 0 radical (unpaired) electrons. The molecule has 2 N–H and O–H groups in total. The van der Waals surface area contributed by atoms with Gasteiger partial charge in [-0.15, -0.1) is 0 Å². The van der Waals surface area contributed by atoms with E-state index in [2.05, 4.69) is 29.0 Å². The molecule has 0 atom stereocenters. The number of piperazine rings is 1. The maximum absolute atomic E-state index is 12.3.